The topological polar surface area (TPSA) is 44.9 Å². The number of para-hydroxylation sites is 1. The van der Waals surface area contributed by atoms with E-state index in [4.69, 9.17) is 0 Å². The van der Waals surface area contributed by atoms with Crippen molar-refractivity contribution in [2.24, 2.45) is 0 Å². The molecular weight excluding hydrogens is 280 g/mol. The number of hydrogen-bond acceptors (Lipinski definition) is 2. The van der Waals surface area contributed by atoms with Crippen LogP contribution in [-0.2, 0) is 4.79 Å². The highest BCUT2D eigenvalue weighted by Crippen LogP contribution is 2.26. The smallest absolute Gasteiger partial charge is 0.227 e. The number of aromatic nitrogens is 1. The predicted octanol–water partition coefficient (Wildman–Crippen LogP) is 4.21. The van der Waals surface area contributed by atoms with Crippen molar-refractivity contribution in [2.45, 2.75) is 25.8 Å². The Hall–Kier alpha value is -2.07. The van der Waals surface area contributed by atoms with E-state index in [1.54, 1.807) is 11.3 Å². The molecule has 2 heterocycles. The van der Waals surface area contributed by atoms with E-state index in [0.717, 1.165) is 22.0 Å². The van der Waals surface area contributed by atoms with E-state index in [-0.39, 0.29) is 17.9 Å². The van der Waals surface area contributed by atoms with Crippen LogP contribution in [0.3, 0.4) is 0 Å². The summed E-state index contributed by atoms with van der Waals surface area (Å²) in [6.07, 6.45) is 1.93. The maximum Gasteiger partial charge on any atom is 0.227 e. The van der Waals surface area contributed by atoms with Crippen LogP contribution in [0.15, 0.2) is 47.3 Å². The van der Waals surface area contributed by atoms with E-state index >= 15 is 0 Å². The minimum atomic E-state index is -0.178. The SMILES string of the molecule is CC(NC(=O)C(C)c1c[nH]c2ccccc12)c1ccsc1. The van der Waals surface area contributed by atoms with Gasteiger partial charge in [-0.2, -0.15) is 11.3 Å². The van der Waals surface area contributed by atoms with Crippen molar-refractivity contribution >= 4 is 28.1 Å². The van der Waals surface area contributed by atoms with Gasteiger partial charge in [0.2, 0.25) is 5.91 Å². The summed E-state index contributed by atoms with van der Waals surface area (Å²) >= 11 is 1.65. The highest BCUT2D eigenvalue weighted by Gasteiger charge is 2.20. The summed E-state index contributed by atoms with van der Waals surface area (Å²) in [6.45, 7) is 3.97. The largest absolute Gasteiger partial charge is 0.361 e. The van der Waals surface area contributed by atoms with Crippen LogP contribution in [0.1, 0.15) is 36.9 Å². The molecule has 2 atom stereocenters. The maximum absolute atomic E-state index is 12.5. The average molecular weight is 298 g/mol. The number of carbonyl (C=O) groups excluding carboxylic acids is 1. The minimum absolute atomic E-state index is 0.0383. The average Bonchev–Trinajstić information content (AvgIpc) is 3.15. The van der Waals surface area contributed by atoms with Gasteiger partial charge in [-0.1, -0.05) is 18.2 Å². The Labute approximate surface area is 128 Å². The molecular formula is C17H18N2OS. The lowest BCUT2D eigenvalue weighted by atomic mass is 9.99. The lowest BCUT2D eigenvalue weighted by Crippen LogP contribution is -2.30. The number of rotatable bonds is 4. The Morgan fingerprint density at radius 1 is 1.24 bits per heavy atom. The number of benzene rings is 1. The van der Waals surface area contributed by atoms with Crippen LogP contribution in [0.25, 0.3) is 10.9 Å². The third-order valence-corrected chi connectivity index (χ3v) is 4.58. The summed E-state index contributed by atoms with van der Waals surface area (Å²) in [5, 5.41) is 8.30. The van der Waals surface area contributed by atoms with Crippen molar-refractivity contribution in [2.75, 3.05) is 0 Å². The molecule has 1 aromatic carbocycles. The summed E-state index contributed by atoms with van der Waals surface area (Å²) in [6, 6.07) is 10.2. The highest BCUT2D eigenvalue weighted by molar-refractivity contribution is 7.07. The van der Waals surface area contributed by atoms with E-state index < -0.39 is 0 Å². The molecule has 2 N–H and O–H groups in total. The molecule has 3 rings (SSSR count). The number of amides is 1. The van der Waals surface area contributed by atoms with Crippen molar-refractivity contribution in [1.29, 1.82) is 0 Å². The van der Waals surface area contributed by atoms with Crippen LogP contribution in [0.5, 0.6) is 0 Å². The lowest BCUT2D eigenvalue weighted by molar-refractivity contribution is -0.122. The highest BCUT2D eigenvalue weighted by atomic mass is 32.1. The van der Waals surface area contributed by atoms with E-state index in [1.807, 2.05) is 55.8 Å². The first-order valence-electron chi connectivity index (χ1n) is 7.05. The number of aromatic amines is 1. The van der Waals surface area contributed by atoms with E-state index in [2.05, 4.69) is 15.7 Å². The molecule has 0 saturated heterocycles. The summed E-state index contributed by atoms with van der Waals surface area (Å²) in [4.78, 5) is 15.7. The van der Waals surface area contributed by atoms with Crippen LogP contribution in [0.4, 0.5) is 0 Å². The summed E-state index contributed by atoms with van der Waals surface area (Å²) in [7, 11) is 0. The van der Waals surface area contributed by atoms with Crippen LogP contribution in [0, 0.1) is 0 Å². The van der Waals surface area contributed by atoms with Crippen LogP contribution < -0.4 is 5.32 Å². The zero-order chi connectivity index (χ0) is 14.8. The molecule has 0 radical (unpaired) electrons. The molecule has 2 unspecified atom stereocenters. The molecule has 2 aromatic heterocycles. The first-order valence-corrected chi connectivity index (χ1v) is 7.99. The number of H-pyrrole nitrogens is 1. The van der Waals surface area contributed by atoms with Crippen LogP contribution >= 0.6 is 11.3 Å². The van der Waals surface area contributed by atoms with Gasteiger partial charge in [-0.05, 0) is 47.9 Å². The molecule has 0 bridgehead atoms. The van der Waals surface area contributed by atoms with Crippen LogP contribution in [-0.4, -0.2) is 10.9 Å². The third kappa shape index (κ3) is 2.72. The summed E-state index contributed by atoms with van der Waals surface area (Å²) in [5.41, 5.74) is 3.26. The third-order valence-electron chi connectivity index (χ3n) is 3.88. The Balaban J connectivity index is 1.78. The first kappa shape index (κ1) is 13.9. The van der Waals surface area contributed by atoms with Gasteiger partial charge in [0.15, 0.2) is 0 Å². The molecule has 0 aliphatic rings. The fourth-order valence-electron chi connectivity index (χ4n) is 2.54. The van der Waals surface area contributed by atoms with E-state index in [1.165, 1.54) is 0 Å². The van der Waals surface area contributed by atoms with Gasteiger partial charge in [-0.25, -0.2) is 0 Å². The molecule has 0 aliphatic heterocycles. The number of carbonyl (C=O) groups is 1. The second-order valence-corrected chi connectivity index (χ2v) is 6.08. The van der Waals surface area contributed by atoms with Gasteiger partial charge >= 0.3 is 0 Å². The molecule has 0 spiro atoms. The van der Waals surface area contributed by atoms with Crippen molar-refractivity contribution in [1.82, 2.24) is 10.3 Å². The second-order valence-electron chi connectivity index (χ2n) is 5.30. The molecule has 4 heteroatoms. The Kier molecular flexibility index (Phi) is 3.80. The first-order chi connectivity index (χ1) is 10.2. The molecule has 21 heavy (non-hydrogen) atoms. The quantitative estimate of drug-likeness (QED) is 0.744. The van der Waals surface area contributed by atoms with E-state index in [0.29, 0.717) is 0 Å². The van der Waals surface area contributed by atoms with Gasteiger partial charge in [0.25, 0.3) is 0 Å². The second kappa shape index (κ2) is 5.74. The van der Waals surface area contributed by atoms with Gasteiger partial charge in [-0.3, -0.25) is 4.79 Å². The number of thiophene rings is 1. The zero-order valence-corrected chi connectivity index (χ0v) is 12.9. The van der Waals surface area contributed by atoms with Gasteiger partial charge in [0.05, 0.1) is 12.0 Å². The molecule has 3 aromatic rings. The van der Waals surface area contributed by atoms with Crippen molar-refractivity contribution < 1.29 is 4.79 Å². The van der Waals surface area contributed by atoms with Gasteiger partial charge in [-0.15, -0.1) is 0 Å². The molecule has 1 amide bonds. The van der Waals surface area contributed by atoms with E-state index in [9.17, 15) is 4.79 Å². The molecule has 0 saturated carbocycles. The zero-order valence-electron chi connectivity index (χ0n) is 12.1. The number of nitrogens with one attached hydrogen (secondary N) is 2. The molecule has 0 fully saturated rings. The van der Waals surface area contributed by atoms with Gasteiger partial charge in [0, 0.05) is 17.1 Å². The number of hydrogen-bond donors (Lipinski definition) is 2. The Bertz CT molecular complexity index is 745. The lowest BCUT2D eigenvalue weighted by Gasteiger charge is -2.16. The van der Waals surface area contributed by atoms with Crippen molar-refractivity contribution in [3.05, 3.63) is 58.4 Å². The van der Waals surface area contributed by atoms with Crippen LogP contribution in [0.2, 0.25) is 0 Å². The Morgan fingerprint density at radius 3 is 2.81 bits per heavy atom. The van der Waals surface area contributed by atoms with Crippen molar-refractivity contribution in [3.8, 4) is 0 Å². The fraction of sp³-hybridized carbons (Fsp3) is 0.235. The summed E-state index contributed by atoms with van der Waals surface area (Å²) in [5.74, 6) is -0.124. The molecule has 108 valence electrons. The summed E-state index contributed by atoms with van der Waals surface area (Å²) < 4.78 is 0. The van der Waals surface area contributed by atoms with Gasteiger partial charge < -0.3 is 10.3 Å². The number of fused-ring (bicyclic) bond motifs is 1. The molecule has 0 aliphatic carbocycles. The normalized spacial score (nSPS) is 14.0. The fourth-order valence-corrected chi connectivity index (χ4v) is 3.29. The monoisotopic (exact) mass is 298 g/mol. The molecule has 3 nitrogen and oxygen atoms in total. The Morgan fingerprint density at radius 2 is 2.05 bits per heavy atom. The maximum atomic E-state index is 12.5. The van der Waals surface area contributed by atoms with Crippen molar-refractivity contribution in [3.63, 3.8) is 0 Å². The minimum Gasteiger partial charge on any atom is -0.361 e. The van der Waals surface area contributed by atoms with Gasteiger partial charge in [0.1, 0.15) is 0 Å². The standard InChI is InChI=1S/C17H18N2OS/c1-11(15-9-18-16-6-4-3-5-14(15)16)17(20)19-12(2)13-7-8-21-10-13/h3-12,18H,1-2H3,(H,19,20). The predicted molar refractivity (Wildman–Crippen MR) is 87.6 cm³/mol.